The van der Waals surface area contributed by atoms with Crippen molar-refractivity contribution in [3.05, 3.63) is 64.3 Å². The monoisotopic (exact) mass is 448 g/mol. The summed E-state index contributed by atoms with van der Waals surface area (Å²) in [4.78, 5) is 15.2. The molecule has 0 bridgehead atoms. The summed E-state index contributed by atoms with van der Waals surface area (Å²) < 4.78 is 32.5. The fourth-order valence-electron chi connectivity index (χ4n) is 3.94. The molecule has 1 atom stereocenters. The van der Waals surface area contributed by atoms with Gasteiger partial charge in [-0.3, -0.25) is 4.79 Å². The van der Waals surface area contributed by atoms with Gasteiger partial charge in [-0.2, -0.15) is 8.78 Å². The van der Waals surface area contributed by atoms with Crippen LogP contribution in [-0.2, 0) is 7.05 Å². The van der Waals surface area contributed by atoms with Crippen LogP contribution in [-0.4, -0.2) is 28.5 Å². The van der Waals surface area contributed by atoms with E-state index in [1.807, 2.05) is 47.0 Å². The van der Waals surface area contributed by atoms with Crippen LogP contribution in [0.5, 0.6) is 5.75 Å². The number of carbonyl (C=O) groups is 1. The first kappa shape index (κ1) is 18.9. The molecule has 0 aliphatic carbocycles. The molecule has 2 aromatic carbocycles. The molecule has 7 heteroatoms. The molecule has 1 saturated heterocycles. The molecule has 28 heavy (non-hydrogen) atoms. The molecule has 1 aliphatic heterocycles. The average Bonchev–Trinajstić information content (AvgIpc) is 3.26. The van der Waals surface area contributed by atoms with Crippen molar-refractivity contribution in [2.24, 2.45) is 7.05 Å². The number of hydrogen-bond donors (Lipinski definition) is 0. The highest BCUT2D eigenvalue weighted by molar-refractivity contribution is 9.10. The van der Waals surface area contributed by atoms with Crippen LogP contribution < -0.4 is 4.74 Å². The number of ether oxygens (including phenoxy) is 1. The van der Waals surface area contributed by atoms with E-state index in [1.165, 1.54) is 6.07 Å². The van der Waals surface area contributed by atoms with E-state index in [4.69, 9.17) is 0 Å². The Balaban J connectivity index is 1.67. The Morgan fingerprint density at radius 1 is 1.25 bits per heavy atom. The van der Waals surface area contributed by atoms with Gasteiger partial charge in [0.2, 0.25) is 0 Å². The molecule has 1 fully saturated rings. The van der Waals surface area contributed by atoms with Gasteiger partial charge in [0.1, 0.15) is 5.75 Å². The van der Waals surface area contributed by atoms with Gasteiger partial charge in [0.05, 0.1) is 11.6 Å². The molecule has 4 nitrogen and oxygen atoms in total. The second-order valence-corrected chi connectivity index (χ2v) is 7.84. The summed E-state index contributed by atoms with van der Waals surface area (Å²) in [7, 11) is 1.91. The van der Waals surface area contributed by atoms with E-state index in [9.17, 15) is 13.6 Å². The minimum atomic E-state index is -2.87. The lowest BCUT2D eigenvalue weighted by Crippen LogP contribution is -2.30. The number of likely N-dealkylation sites (tertiary alicyclic amines) is 1. The maximum absolute atomic E-state index is 13.4. The van der Waals surface area contributed by atoms with Crippen molar-refractivity contribution in [1.82, 2.24) is 9.47 Å². The van der Waals surface area contributed by atoms with Crippen molar-refractivity contribution < 1.29 is 18.3 Å². The number of halogens is 3. The molecule has 3 aromatic rings. The number of alkyl halides is 2. The van der Waals surface area contributed by atoms with E-state index in [-0.39, 0.29) is 17.7 Å². The summed E-state index contributed by atoms with van der Waals surface area (Å²) in [6.07, 6.45) is 3.51. The van der Waals surface area contributed by atoms with Crippen LogP contribution in [0.15, 0.2) is 53.1 Å². The van der Waals surface area contributed by atoms with Gasteiger partial charge in [0.25, 0.3) is 5.91 Å². The van der Waals surface area contributed by atoms with Crippen molar-refractivity contribution in [2.45, 2.75) is 25.5 Å². The lowest BCUT2D eigenvalue weighted by atomic mass is 10.0. The second kappa shape index (κ2) is 7.54. The molecular formula is C21H19BrF2N2O2. The molecular weight excluding hydrogens is 430 g/mol. The Labute approximate surface area is 169 Å². The van der Waals surface area contributed by atoms with E-state index in [0.29, 0.717) is 12.1 Å². The zero-order valence-electron chi connectivity index (χ0n) is 15.2. The summed E-state index contributed by atoms with van der Waals surface area (Å²) in [5.41, 5.74) is 2.43. The number of aromatic nitrogens is 1. The molecule has 146 valence electrons. The molecule has 4 rings (SSSR count). The van der Waals surface area contributed by atoms with Crippen LogP contribution >= 0.6 is 15.9 Å². The van der Waals surface area contributed by atoms with Crippen LogP contribution in [0.3, 0.4) is 0 Å². The predicted molar refractivity (Wildman–Crippen MR) is 107 cm³/mol. The maximum Gasteiger partial charge on any atom is 0.387 e. The molecule has 1 aliphatic rings. The zero-order valence-corrected chi connectivity index (χ0v) is 16.8. The predicted octanol–water partition coefficient (Wildman–Crippen LogP) is 5.52. The van der Waals surface area contributed by atoms with Crippen molar-refractivity contribution in [1.29, 1.82) is 0 Å². The smallest absolute Gasteiger partial charge is 0.387 e. The van der Waals surface area contributed by atoms with Crippen molar-refractivity contribution in [2.75, 3.05) is 6.54 Å². The Hall–Kier alpha value is -2.41. The van der Waals surface area contributed by atoms with Crippen molar-refractivity contribution in [3.8, 4) is 5.75 Å². The number of carbonyl (C=O) groups excluding carboxylic acids is 1. The number of aryl methyl sites for hydroxylation is 1. The summed E-state index contributed by atoms with van der Waals surface area (Å²) in [6, 6.07) is 12.3. The summed E-state index contributed by atoms with van der Waals surface area (Å²) in [5, 5.41) is 0.899. The zero-order chi connectivity index (χ0) is 19.8. The fourth-order valence-corrected chi connectivity index (χ4v) is 4.29. The first-order valence-corrected chi connectivity index (χ1v) is 9.83. The maximum atomic E-state index is 13.4. The van der Waals surface area contributed by atoms with Crippen molar-refractivity contribution in [3.63, 3.8) is 0 Å². The standard InChI is InChI=1S/C21H19BrF2N2O2/c1-25-12-17(16-8-7-14(22)11-19(16)25)20(27)26-9-3-6-18(26)13-4-2-5-15(10-13)28-21(23)24/h2,4-5,7-8,10-12,18,21H,3,6,9H2,1H3/t18-/m1/s1. The van der Waals surface area contributed by atoms with Crippen LogP contribution in [0.2, 0.25) is 0 Å². The van der Waals surface area contributed by atoms with Gasteiger partial charge >= 0.3 is 6.61 Å². The first-order valence-electron chi connectivity index (χ1n) is 9.04. The third-order valence-electron chi connectivity index (χ3n) is 5.16. The quantitative estimate of drug-likeness (QED) is 0.526. The molecule has 1 amide bonds. The Kier molecular flexibility index (Phi) is 5.10. The highest BCUT2D eigenvalue weighted by Crippen LogP contribution is 2.36. The van der Waals surface area contributed by atoms with E-state index in [1.54, 1.807) is 12.1 Å². The van der Waals surface area contributed by atoms with E-state index < -0.39 is 6.61 Å². The minimum absolute atomic E-state index is 0.0457. The topological polar surface area (TPSA) is 34.5 Å². The normalized spacial score (nSPS) is 16.9. The number of amides is 1. The van der Waals surface area contributed by atoms with Crippen LogP contribution in [0.1, 0.15) is 34.8 Å². The third-order valence-corrected chi connectivity index (χ3v) is 5.66. The highest BCUT2D eigenvalue weighted by atomic mass is 79.9. The average molecular weight is 449 g/mol. The number of hydrogen-bond acceptors (Lipinski definition) is 2. The van der Waals surface area contributed by atoms with Crippen LogP contribution in [0, 0.1) is 0 Å². The van der Waals surface area contributed by atoms with Gasteiger partial charge in [0, 0.05) is 35.2 Å². The summed E-state index contributed by atoms with van der Waals surface area (Å²) in [6.45, 7) is -2.23. The van der Waals surface area contributed by atoms with Gasteiger partial charge < -0.3 is 14.2 Å². The van der Waals surface area contributed by atoms with Gasteiger partial charge in [-0.1, -0.05) is 34.1 Å². The Bertz CT molecular complexity index is 1030. The van der Waals surface area contributed by atoms with Crippen LogP contribution in [0.4, 0.5) is 8.78 Å². The lowest BCUT2D eigenvalue weighted by Gasteiger charge is -2.25. The highest BCUT2D eigenvalue weighted by Gasteiger charge is 2.32. The Morgan fingerprint density at radius 2 is 2.07 bits per heavy atom. The number of fused-ring (bicyclic) bond motifs is 1. The summed E-state index contributed by atoms with van der Waals surface area (Å²) >= 11 is 3.47. The first-order chi connectivity index (χ1) is 13.4. The summed E-state index contributed by atoms with van der Waals surface area (Å²) in [5.74, 6) is 0.0670. The number of rotatable bonds is 4. The third kappa shape index (κ3) is 3.51. The van der Waals surface area contributed by atoms with Crippen LogP contribution in [0.25, 0.3) is 10.9 Å². The van der Waals surface area contributed by atoms with Gasteiger partial charge in [-0.25, -0.2) is 0 Å². The number of nitrogens with zero attached hydrogens (tertiary/aromatic N) is 2. The molecule has 1 aromatic heterocycles. The van der Waals surface area contributed by atoms with E-state index in [2.05, 4.69) is 20.7 Å². The largest absolute Gasteiger partial charge is 0.435 e. The van der Waals surface area contributed by atoms with Gasteiger partial charge in [-0.15, -0.1) is 0 Å². The van der Waals surface area contributed by atoms with E-state index >= 15 is 0 Å². The van der Waals surface area contributed by atoms with E-state index in [0.717, 1.165) is 33.8 Å². The van der Waals surface area contributed by atoms with Crippen molar-refractivity contribution >= 4 is 32.7 Å². The SMILES string of the molecule is Cn1cc(C(=O)N2CCC[C@@H]2c2cccc(OC(F)F)c2)c2ccc(Br)cc21. The second-order valence-electron chi connectivity index (χ2n) is 6.92. The molecule has 0 N–H and O–H groups in total. The molecule has 0 radical (unpaired) electrons. The lowest BCUT2D eigenvalue weighted by molar-refractivity contribution is -0.0499. The molecule has 0 unspecified atom stereocenters. The van der Waals surface area contributed by atoms with Gasteiger partial charge in [-0.05, 0) is 42.7 Å². The molecule has 0 spiro atoms. The number of benzene rings is 2. The van der Waals surface area contributed by atoms with Gasteiger partial charge in [0.15, 0.2) is 0 Å². The molecule has 0 saturated carbocycles. The Morgan fingerprint density at radius 3 is 2.86 bits per heavy atom. The minimum Gasteiger partial charge on any atom is -0.435 e. The fraction of sp³-hybridized carbons (Fsp3) is 0.286. The molecule has 2 heterocycles.